The maximum absolute atomic E-state index is 14.1. The molecule has 0 radical (unpaired) electrons. The molecule has 1 aromatic rings. The van der Waals surface area contributed by atoms with Crippen molar-refractivity contribution in [1.29, 1.82) is 0 Å². The maximum atomic E-state index is 14.1. The number of anilines is 1. The van der Waals surface area contributed by atoms with E-state index in [4.69, 9.17) is 18.0 Å². The molecule has 2 aliphatic rings. The van der Waals surface area contributed by atoms with Gasteiger partial charge >= 0.3 is 0 Å². The predicted molar refractivity (Wildman–Crippen MR) is 84.6 cm³/mol. The first-order valence-electron chi connectivity index (χ1n) is 7.53. The van der Waals surface area contributed by atoms with Crippen molar-refractivity contribution in [3.63, 3.8) is 0 Å². The van der Waals surface area contributed by atoms with E-state index in [-0.39, 0.29) is 10.8 Å². The van der Waals surface area contributed by atoms with Gasteiger partial charge in [0, 0.05) is 23.8 Å². The lowest BCUT2D eigenvalue weighted by atomic mass is 9.95. The minimum atomic E-state index is -0.299. The van der Waals surface area contributed by atoms with Crippen LogP contribution in [0.1, 0.15) is 44.1 Å². The molecule has 4 heteroatoms. The summed E-state index contributed by atoms with van der Waals surface area (Å²) in [6, 6.07) is 5.87. The highest BCUT2D eigenvalue weighted by Gasteiger charge is 2.33. The van der Waals surface area contributed by atoms with Gasteiger partial charge in [-0.05, 0) is 49.8 Å². The molecule has 0 aromatic heterocycles. The van der Waals surface area contributed by atoms with Crippen molar-refractivity contribution >= 4 is 22.9 Å². The number of hydrogen-bond acceptors (Lipinski definition) is 2. The second-order valence-electron chi connectivity index (χ2n) is 5.98. The number of rotatable bonds is 3. The molecule has 0 bridgehead atoms. The SMILES string of the molecule is NC(=S)c1ccc(N2CCCC2C2CCCC2)cc1F. The van der Waals surface area contributed by atoms with Crippen LogP contribution in [-0.2, 0) is 0 Å². The lowest BCUT2D eigenvalue weighted by Crippen LogP contribution is -2.34. The van der Waals surface area contributed by atoms with Crippen molar-refractivity contribution in [3.05, 3.63) is 29.6 Å². The van der Waals surface area contributed by atoms with Gasteiger partial charge in [0.2, 0.25) is 0 Å². The number of hydrogen-bond donors (Lipinski definition) is 1. The quantitative estimate of drug-likeness (QED) is 0.863. The van der Waals surface area contributed by atoms with E-state index < -0.39 is 0 Å². The summed E-state index contributed by atoms with van der Waals surface area (Å²) in [4.78, 5) is 2.52. The van der Waals surface area contributed by atoms with Crippen LogP contribution in [-0.4, -0.2) is 17.6 Å². The van der Waals surface area contributed by atoms with Gasteiger partial charge in [0.05, 0.1) is 0 Å². The van der Waals surface area contributed by atoms with Crippen LogP contribution in [0.15, 0.2) is 18.2 Å². The third-order valence-corrected chi connectivity index (χ3v) is 5.01. The minimum absolute atomic E-state index is 0.128. The van der Waals surface area contributed by atoms with Crippen LogP contribution in [0, 0.1) is 11.7 Å². The van der Waals surface area contributed by atoms with Gasteiger partial charge in [-0.15, -0.1) is 0 Å². The van der Waals surface area contributed by atoms with Gasteiger partial charge in [-0.2, -0.15) is 0 Å². The molecule has 0 spiro atoms. The summed E-state index contributed by atoms with van der Waals surface area (Å²) in [5.74, 6) is 0.489. The molecular formula is C16H21FN2S. The molecule has 1 atom stereocenters. The minimum Gasteiger partial charge on any atom is -0.389 e. The number of thiocarbonyl (C=S) groups is 1. The molecule has 20 heavy (non-hydrogen) atoms. The highest BCUT2D eigenvalue weighted by atomic mass is 32.1. The molecule has 2 nitrogen and oxygen atoms in total. The number of nitrogens with two attached hydrogens (primary N) is 1. The fourth-order valence-electron chi connectivity index (χ4n) is 3.83. The van der Waals surface area contributed by atoms with Crippen molar-refractivity contribution in [2.45, 2.75) is 44.6 Å². The Morgan fingerprint density at radius 1 is 1.20 bits per heavy atom. The maximum Gasteiger partial charge on any atom is 0.135 e. The van der Waals surface area contributed by atoms with Gasteiger partial charge in [0.1, 0.15) is 10.8 Å². The van der Waals surface area contributed by atoms with Gasteiger partial charge in [-0.25, -0.2) is 4.39 Å². The van der Waals surface area contributed by atoms with Crippen molar-refractivity contribution in [2.75, 3.05) is 11.4 Å². The van der Waals surface area contributed by atoms with Gasteiger partial charge in [0.15, 0.2) is 0 Å². The molecule has 1 aliphatic carbocycles. The third-order valence-electron chi connectivity index (χ3n) is 4.79. The van der Waals surface area contributed by atoms with Crippen LogP contribution in [0.4, 0.5) is 10.1 Å². The Hall–Kier alpha value is -1.16. The summed E-state index contributed by atoms with van der Waals surface area (Å²) in [7, 11) is 0. The Kier molecular flexibility index (Phi) is 3.92. The summed E-state index contributed by atoms with van der Waals surface area (Å²) in [5, 5.41) is 0. The molecule has 1 aromatic carbocycles. The summed E-state index contributed by atoms with van der Waals surface area (Å²) < 4.78 is 14.1. The third kappa shape index (κ3) is 2.53. The Balaban J connectivity index is 1.84. The largest absolute Gasteiger partial charge is 0.389 e. The summed E-state index contributed by atoms with van der Waals surface area (Å²) in [6.07, 6.45) is 7.81. The van der Waals surface area contributed by atoms with Gasteiger partial charge in [0.25, 0.3) is 0 Å². The number of nitrogens with zero attached hydrogens (tertiary/aromatic N) is 1. The standard InChI is InChI=1S/C16H21FN2S/c17-14-10-12(7-8-13(14)16(18)20)19-9-3-6-15(19)11-4-1-2-5-11/h7-8,10-11,15H,1-6,9H2,(H2,18,20). The van der Waals surface area contributed by atoms with Crippen LogP contribution in [0.5, 0.6) is 0 Å². The van der Waals surface area contributed by atoms with E-state index in [0.717, 1.165) is 18.2 Å². The first-order chi connectivity index (χ1) is 9.66. The Morgan fingerprint density at radius 3 is 2.60 bits per heavy atom. The zero-order valence-electron chi connectivity index (χ0n) is 11.6. The Morgan fingerprint density at radius 2 is 1.95 bits per heavy atom. The number of halogens is 1. The number of benzene rings is 1. The van der Waals surface area contributed by atoms with E-state index in [1.165, 1.54) is 38.5 Å². The lowest BCUT2D eigenvalue weighted by molar-refractivity contribution is 0.430. The average Bonchev–Trinajstić information content (AvgIpc) is 3.09. The van der Waals surface area contributed by atoms with Crippen LogP contribution in [0.25, 0.3) is 0 Å². The second-order valence-corrected chi connectivity index (χ2v) is 6.42. The van der Waals surface area contributed by atoms with Crippen LogP contribution >= 0.6 is 12.2 Å². The molecule has 1 unspecified atom stereocenters. The monoisotopic (exact) mass is 292 g/mol. The summed E-state index contributed by atoms with van der Waals surface area (Å²) in [5.41, 5.74) is 6.85. The topological polar surface area (TPSA) is 29.3 Å². The van der Waals surface area contributed by atoms with Crippen LogP contribution in [0.3, 0.4) is 0 Å². The van der Waals surface area contributed by atoms with E-state index in [2.05, 4.69) is 4.90 Å². The van der Waals surface area contributed by atoms with Gasteiger partial charge in [-0.3, -0.25) is 0 Å². The molecule has 1 saturated carbocycles. The Labute approximate surface area is 125 Å². The lowest BCUT2D eigenvalue weighted by Gasteiger charge is -2.31. The van der Waals surface area contributed by atoms with Crippen molar-refractivity contribution < 1.29 is 4.39 Å². The first kappa shape index (κ1) is 13.8. The molecule has 3 rings (SSSR count). The van der Waals surface area contributed by atoms with E-state index in [9.17, 15) is 4.39 Å². The Bertz CT molecular complexity index is 511. The highest BCUT2D eigenvalue weighted by molar-refractivity contribution is 7.80. The first-order valence-corrected chi connectivity index (χ1v) is 7.93. The second kappa shape index (κ2) is 5.68. The smallest absolute Gasteiger partial charge is 0.135 e. The molecule has 1 saturated heterocycles. The van der Waals surface area contributed by atoms with Gasteiger partial charge < -0.3 is 10.6 Å². The molecule has 1 aliphatic heterocycles. The predicted octanol–water partition coefficient (Wildman–Crippen LogP) is 3.62. The normalized spacial score (nSPS) is 23.4. The van der Waals surface area contributed by atoms with E-state index in [1.54, 1.807) is 12.1 Å². The van der Waals surface area contributed by atoms with E-state index in [0.29, 0.717) is 11.6 Å². The van der Waals surface area contributed by atoms with Crippen LogP contribution in [0.2, 0.25) is 0 Å². The molecule has 2 fully saturated rings. The van der Waals surface area contributed by atoms with E-state index in [1.807, 2.05) is 6.07 Å². The summed E-state index contributed by atoms with van der Waals surface area (Å²) in [6.45, 7) is 1.03. The zero-order chi connectivity index (χ0) is 14.1. The van der Waals surface area contributed by atoms with Crippen molar-refractivity contribution in [3.8, 4) is 0 Å². The fourth-order valence-corrected chi connectivity index (χ4v) is 3.99. The summed E-state index contributed by atoms with van der Waals surface area (Å²) >= 11 is 4.86. The molecule has 1 heterocycles. The molecule has 0 amide bonds. The highest BCUT2D eigenvalue weighted by Crippen LogP contribution is 2.38. The molecule has 108 valence electrons. The van der Waals surface area contributed by atoms with Crippen molar-refractivity contribution in [2.24, 2.45) is 11.7 Å². The van der Waals surface area contributed by atoms with E-state index >= 15 is 0 Å². The zero-order valence-corrected chi connectivity index (χ0v) is 12.5. The fraction of sp³-hybridized carbons (Fsp3) is 0.562. The molecular weight excluding hydrogens is 271 g/mol. The average molecular weight is 292 g/mol. The molecule has 2 N–H and O–H groups in total. The van der Waals surface area contributed by atoms with Crippen LogP contribution < -0.4 is 10.6 Å². The van der Waals surface area contributed by atoms with Gasteiger partial charge in [-0.1, -0.05) is 25.1 Å². The van der Waals surface area contributed by atoms with Crippen molar-refractivity contribution in [1.82, 2.24) is 0 Å².